The van der Waals surface area contributed by atoms with Gasteiger partial charge in [0.05, 0.1) is 5.57 Å². The van der Waals surface area contributed by atoms with E-state index >= 15 is 0 Å². The van der Waals surface area contributed by atoms with Gasteiger partial charge in [-0.05, 0) is 38.8 Å². The van der Waals surface area contributed by atoms with E-state index in [1.54, 1.807) is 4.90 Å². The van der Waals surface area contributed by atoms with Gasteiger partial charge >= 0.3 is 12.4 Å². The highest BCUT2D eigenvalue weighted by Gasteiger charge is 2.37. The van der Waals surface area contributed by atoms with E-state index in [0.29, 0.717) is 19.5 Å². The van der Waals surface area contributed by atoms with Crippen molar-refractivity contribution >= 4 is 0 Å². The summed E-state index contributed by atoms with van der Waals surface area (Å²) in [5, 5.41) is 0. The average molecular weight is 313 g/mol. The summed E-state index contributed by atoms with van der Waals surface area (Å²) < 4.78 is 75.8. The first-order chi connectivity index (χ1) is 9.43. The number of halogens is 6. The van der Waals surface area contributed by atoms with Gasteiger partial charge in [0.15, 0.2) is 0 Å². The molecule has 1 aliphatic heterocycles. The summed E-state index contributed by atoms with van der Waals surface area (Å²) in [6.45, 7) is 6.56. The molecule has 1 atom stereocenters. The third kappa shape index (κ3) is 4.82. The van der Waals surface area contributed by atoms with Crippen LogP contribution < -0.4 is 0 Å². The van der Waals surface area contributed by atoms with Crippen LogP contribution in [0.25, 0.3) is 0 Å². The molecule has 0 saturated carbocycles. The van der Waals surface area contributed by atoms with Crippen molar-refractivity contribution in [2.45, 2.75) is 45.1 Å². The lowest BCUT2D eigenvalue weighted by Gasteiger charge is -2.24. The van der Waals surface area contributed by atoms with Crippen LogP contribution in [0.5, 0.6) is 0 Å². The highest BCUT2D eigenvalue weighted by molar-refractivity contribution is 5.35. The number of allylic oxidation sites excluding steroid dienone is 4. The summed E-state index contributed by atoms with van der Waals surface area (Å²) in [7, 11) is 0. The van der Waals surface area contributed by atoms with Crippen LogP contribution in [0.1, 0.15) is 26.7 Å². The fourth-order valence-corrected chi connectivity index (χ4v) is 2.14. The highest BCUT2D eigenvalue weighted by atomic mass is 19.4. The highest BCUT2D eigenvalue weighted by Crippen LogP contribution is 2.33. The van der Waals surface area contributed by atoms with Gasteiger partial charge in [0.1, 0.15) is 0 Å². The Hall–Kier alpha value is -1.40. The fraction of sp³-hybridized carbons (Fsp3) is 0.571. The third-order valence-electron chi connectivity index (χ3n) is 3.39. The van der Waals surface area contributed by atoms with E-state index in [1.807, 2.05) is 6.92 Å². The zero-order chi connectivity index (χ0) is 16.4. The fourth-order valence-electron chi connectivity index (χ4n) is 2.14. The molecule has 0 aromatic heterocycles. The molecule has 1 rings (SSSR count). The number of alkyl halides is 6. The first kappa shape index (κ1) is 17.7. The van der Waals surface area contributed by atoms with E-state index in [-0.39, 0.29) is 17.8 Å². The molecule has 21 heavy (non-hydrogen) atoms. The molecule has 0 spiro atoms. The molecule has 0 aliphatic carbocycles. The van der Waals surface area contributed by atoms with Crippen LogP contribution in [0.3, 0.4) is 0 Å². The molecule has 1 unspecified atom stereocenters. The zero-order valence-electron chi connectivity index (χ0n) is 11.8. The van der Waals surface area contributed by atoms with Gasteiger partial charge in [-0.1, -0.05) is 6.58 Å². The molecule has 1 fully saturated rings. The summed E-state index contributed by atoms with van der Waals surface area (Å²) in [4.78, 5) is 1.67. The number of nitrogens with zero attached hydrogens (tertiary/aromatic N) is 1. The largest absolute Gasteiger partial charge is 0.416 e. The van der Waals surface area contributed by atoms with Gasteiger partial charge in [0, 0.05) is 23.9 Å². The number of hydrogen-bond acceptors (Lipinski definition) is 1. The molecule has 0 aromatic carbocycles. The van der Waals surface area contributed by atoms with Gasteiger partial charge in [-0.15, -0.1) is 0 Å². The molecule has 1 nitrogen and oxygen atoms in total. The molecule has 120 valence electrons. The second-order valence-electron chi connectivity index (χ2n) is 5.10. The van der Waals surface area contributed by atoms with Crippen molar-refractivity contribution in [1.82, 2.24) is 4.90 Å². The molecule has 7 heteroatoms. The van der Waals surface area contributed by atoms with Crippen molar-refractivity contribution in [3.05, 3.63) is 35.6 Å². The topological polar surface area (TPSA) is 3.24 Å². The molecular weight excluding hydrogens is 296 g/mol. The summed E-state index contributed by atoms with van der Waals surface area (Å²) in [5.74, 6) is 0. The van der Waals surface area contributed by atoms with E-state index in [4.69, 9.17) is 0 Å². The summed E-state index contributed by atoms with van der Waals surface area (Å²) in [6.07, 6.45) is -7.20. The second kappa shape index (κ2) is 6.15. The van der Waals surface area contributed by atoms with Gasteiger partial charge in [-0.25, -0.2) is 0 Å². The van der Waals surface area contributed by atoms with E-state index in [0.717, 1.165) is 12.8 Å². The Kier molecular flexibility index (Phi) is 5.17. The molecule has 1 aliphatic rings. The predicted molar refractivity (Wildman–Crippen MR) is 68.5 cm³/mol. The van der Waals surface area contributed by atoms with Crippen molar-refractivity contribution in [2.75, 3.05) is 6.54 Å². The maximum atomic E-state index is 12.9. The smallest absolute Gasteiger partial charge is 0.369 e. The molecule has 0 aromatic rings. The lowest BCUT2D eigenvalue weighted by Crippen LogP contribution is -2.25. The summed E-state index contributed by atoms with van der Waals surface area (Å²) >= 11 is 0. The molecule has 0 radical (unpaired) electrons. The molecule has 0 amide bonds. The predicted octanol–water partition coefficient (Wildman–Crippen LogP) is 4.98. The first-order valence-electron chi connectivity index (χ1n) is 6.43. The Morgan fingerprint density at radius 3 is 2.05 bits per heavy atom. The van der Waals surface area contributed by atoms with Crippen molar-refractivity contribution < 1.29 is 26.3 Å². The third-order valence-corrected chi connectivity index (χ3v) is 3.39. The molecule has 0 N–H and O–H groups in total. The van der Waals surface area contributed by atoms with Crippen molar-refractivity contribution in [2.24, 2.45) is 0 Å². The SMILES string of the molecule is C=C(/C=C(\C=C(/C)C(F)(F)F)C(F)(F)F)N1CCCC1C. The van der Waals surface area contributed by atoms with Gasteiger partial charge < -0.3 is 4.90 Å². The van der Waals surface area contributed by atoms with Crippen LogP contribution in [-0.2, 0) is 0 Å². The van der Waals surface area contributed by atoms with E-state index in [2.05, 4.69) is 6.58 Å². The standard InChI is InChI=1S/C14H17F6N/c1-9(13(15,16)17)7-12(14(18,19)20)8-11(3)21-6-4-5-10(21)2/h7-8,10H,3-6H2,1-2H3/b9-7+,12-8+. The average Bonchev–Trinajstić information content (AvgIpc) is 2.71. The Bertz CT molecular complexity index is 455. The minimum absolute atomic E-state index is 0.0379. The van der Waals surface area contributed by atoms with Gasteiger partial charge in [-0.3, -0.25) is 0 Å². The molecular formula is C14H17F6N. The molecule has 1 heterocycles. The molecule has 1 saturated heterocycles. The maximum absolute atomic E-state index is 12.9. The summed E-state index contributed by atoms with van der Waals surface area (Å²) in [6, 6.07) is 0.0379. The van der Waals surface area contributed by atoms with Gasteiger partial charge in [-0.2, -0.15) is 26.3 Å². The quantitative estimate of drug-likeness (QED) is 0.524. The monoisotopic (exact) mass is 313 g/mol. The lowest BCUT2D eigenvalue weighted by atomic mass is 10.1. The Labute approximate surface area is 119 Å². The second-order valence-corrected chi connectivity index (χ2v) is 5.10. The van der Waals surface area contributed by atoms with Gasteiger partial charge in [0.2, 0.25) is 0 Å². The summed E-state index contributed by atoms with van der Waals surface area (Å²) in [5.41, 5.74) is -2.56. The van der Waals surface area contributed by atoms with Crippen LogP contribution in [-0.4, -0.2) is 29.8 Å². The Balaban J connectivity index is 3.09. The van der Waals surface area contributed by atoms with Crippen LogP contribution >= 0.6 is 0 Å². The Morgan fingerprint density at radius 2 is 1.67 bits per heavy atom. The van der Waals surface area contributed by atoms with Crippen LogP contribution in [0.2, 0.25) is 0 Å². The van der Waals surface area contributed by atoms with E-state index in [9.17, 15) is 26.3 Å². The van der Waals surface area contributed by atoms with Crippen LogP contribution in [0.15, 0.2) is 35.6 Å². The van der Waals surface area contributed by atoms with E-state index in [1.165, 1.54) is 0 Å². The minimum Gasteiger partial charge on any atom is -0.369 e. The molecule has 0 bridgehead atoms. The van der Waals surface area contributed by atoms with Crippen LogP contribution in [0.4, 0.5) is 26.3 Å². The normalized spacial score (nSPS) is 21.9. The first-order valence-corrected chi connectivity index (χ1v) is 6.43. The maximum Gasteiger partial charge on any atom is 0.416 e. The number of likely N-dealkylation sites (tertiary alicyclic amines) is 1. The Morgan fingerprint density at radius 1 is 1.10 bits per heavy atom. The minimum atomic E-state index is -4.86. The number of rotatable bonds is 3. The van der Waals surface area contributed by atoms with E-state index < -0.39 is 23.5 Å². The lowest BCUT2D eigenvalue weighted by molar-refractivity contribution is -0.0954. The van der Waals surface area contributed by atoms with Gasteiger partial charge in [0.25, 0.3) is 0 Å². The van der Waals surface area contributed by atoms with Crippen molar-refractivity contribution in [1.29, 1.82) is 0 Å². The van der Waals surface area contributed by atoms with Crippen LogP contribution in [0, 0.1) is 0 Å². The van der Waals surface area contributed by atoms with Crippen molar-refractivity contribution in [3.63, 3.8) is 0 Å². The zero-order valence-corrected chi connectivity index (χ0v) is 11.8. The van der Waals surface area contributed by atoms with Crippen molar-refractivity contribution in [3.8, 4) is 0 Å². The number of hydrogen-bond donors (Lipinski definition) is 0.